The highest BCUT2D eigenvalue weighted by Crippen LogP contribution is 2.39. The Hall–Kier alpha value is -4.06. The minimum Gasteiger partial charge on any atom is -0.327 e. The first-order valence-corrected chi connectivity index (χ1v) is 12.0. The Morgan fingerprint density at radius 2 is 2.08 bits per heavy atom. The van der Waals surface area contributed by atoms with Gasteiger partial charge in [0.1, 0.15) is 11.7 Å². The molecule has 0 unspecified atom stereocenters. The first-order chi connectivity index (χ1) is 17.4. The Kier molecular flexibility index (Phi) is 5.52. The molecule has 2 fully saturated rings. The fourth-order valence-electron chi connectivity index (χ4n) is 4.59. The van der Waals surface area contributed by atoms with Gasteiger partial charge in [0.2, 0.25) is 23.8 Å². The quantitative estimate of drug-likeness (QED) is 0.339. The number of fused-ring (bicyclic) bond motifs is 1. The lowest BCUT2D eigenvalue weighted by molar-refractivity contribution is -0.117. The van der Waals surface area contributed by atoms with Crippen LogP contribution in [0.4, 0.5) is 27.8 Å². The number of carbonyl (C=O) groups is 1. The molecule has 0 spiro atoms. The lowest BCUT2D eigenvalue weighted by Crippen LogP contribution is -2.41. The van der Waals surface area contributed by atoms with E-state index < -0.39 is 12.0 Å². The van der Waals surface area contributed by atoms with E-state index in [9.17, 15) is 9.18 Å². The Bertz CT molecular complexity index is 1390. The molecule has 1 saturated heterocycles. The van der Waals surface area contributed by atoms with Crippen molar-refractivity contribution in [2.75, 3.05) is 36.2 Å². The molecular weight excluding hydrogens is 463 g/mol. The molecule has 0 radical (unpaired) electrons. The summed E-state index contributed by atoms with van der Waals surface area (Å²) in [5, 5.41) is 13.7. The fraction of sp³-hybridized carbons (Fsp3) is 0.375. The number of aromatic nitrogens is 6. The Balaban J connectivity index is 1.31. The molecule has 1 amide bonds. The molecular formula is C24H27FN10O. The second-order valence-electron chi connectivity index (χ2n) is 9.57. The highest BCUT2D eigenvalue weighted by Gasteiger charge is 2.39. The molecule has 11 nitrogen and oxygen atoms in total. The van der Waals surface area contributed by atoms with Gasteiger partial charge in [0, 0.05) is 36.5 Å². The fourth-order valence-corrected chi connectivity index (χ4v) is 4.59. The van der Waals surface area contributed by atoms with E-state index >= 15 is 0 Å². The third-order valence-corrected chi connectivity index (χ3v) is 6.79. The number of amides is 1. The molecule has 5 heterocycles. The number of H-pyrrole nitrogens is 1. The Labute approximate surface area is 206 Å². The molecule has 2 aliphatic rings. The van der Waals surface area contributed by atoms with Gasteiger partial charge in [0.05, 0.1) is 11.9 Å². The van der Waals surface area contributed by atoms with Crippen molar-refractivity contribution in [2.45, 2.75) is 37.3 Å². The maximum atomic E-state index is 13.3. The molecule has 4 aromatic rings. The van der Waals surface area contributed by atoms with Crippen LogP contribution in [0, 0.1) is 5.95 Å². The van der Waals surface area contributed by atoms with Crippen LogP contribution < -0.4 is 15.5 Å². The second-order valence-corrected chi connectivity index (χ2v) is 9.57. The van der Waals surface area contributed by atoms with Crippen LogP contribution in [0.2, 0.25) is 0 Å². The van der Waals surface area contributed by atoms with E-state index in [4.69, 9.17) is 9.97 Å². The van der Waals surface area contributed by atoms with E-state index in [0.717, 1.165) is 5.69 Å². The van der Waals surface area contributed by atoms with Gasteiger partial charge in [0.25, 0.3) is 0 Å². The number of nitrogens with one attached hydrogen (secondary N) is 3. The number of pyridine rings is 1. The Morgan fingerprint density at radius 3 is 2.83 bits per heavy atom. The number of halogens is 1. The standard InChI is InChI=1S/C24H27FN10O/c1-33(2)16-10-18(22(36)27-15-7-8-19(25)26-12-15)35(13-16)24-29-21-4-3-9-34(21)23(30-24)28-20-11-17(31-32-20)14-5-6-14/h3-4,7-9,11-12,14,16,18H,5-6,10,13H2,1-2H3,(H,27,36)(H2,28,29,30,31,32)/t16-,18-/m0/s1. The van der Waals surface area contributed by atoms with Gasteiger partial charge in [0.15, 0.2) is 5.82 Å². The minimum atomic E-state index is -0.599. The van der Waals surface area contributed by atoms with Crippen molar-refractivity contribution < 1.29 is 9.18 Å². The van der Waals surface area contributed by atoms with E-state index in [0.29, 0.717) is 47.9 Å². The summed E-state index contributed by atoms with van der Waals surface area (Å²) in [4.78, 5) is 30.6. The van der Waals surface area contributed by atoms with Crippen LogP contribution in [-0.2, 0) is 4.79 Å². The van der Waals surface area contributed by atoms with E-state index in [-0.39, 0.29) is 11.9 Å². The summed E-state index contributed by atoms with van der Waals surface area (Å²) in [5.74, 6) is 1.43. The zero-order chi connectivity index (χ0) is 24.8. The molecule has 0 bridgehead atoms. The lowest BCUT2D eigenvalue weighted by Gasteiger charge is -2.24. The molecule has 2 atom stereocenters. The molecule has 12 heteroatoms. The number of hydrogen-bond donors (Lipinski definition) is 3. The third kappa shape index (κ3) is 4.35. The molecule has 1 saturated carbocycles. The number of anilines is 4. The van der Waals surface area contributed by atoms with Crippen LogP contribution in [-0.4, -0.2) is 73.1 Å². The third-order valence-electron chi connectivity index (χ3n) is 6.79. The number of hydrogen-bond acceptors (Lipinski definition) is 8. The van der Waals surface area contributed by atoms with Crippen molar-refractivity contribution in [3.8, 4) is 0 Å². The van der Waals surface area contributed by atoms with Crippen molar-refractivity contribution in [1.82, 2.24) is 34.4 Å². The highest BCUT2D eigenvalue weighted by atomic mass is 19.1. The summed E-state index contributed by atoms with van der Waals surface area (Å²) in [6.07, 6.45) is 6.15. The zero-order valence-corrected chi connectivity index (χ0v) is 20.0. The summed E-state index contributed by atoms with van der Waals surface area (Å²) in [7, 11) is 3.98. The van der Waals surface area contributed by atoms with Gasteiger partial charge in [-0.1, -0.05) is 0 Å². The second kappa shape index (κ2) is 8.86. The highest BCUT2D eigenvalue weighted by molar-refractivity contribution is 5.97. The van der Waals surface area contributed by atoms with Gasteiger partial charge in [-0.3, -0.25) is 14.3 Å². The summed E-state index contributed by atoms with van der Waals surface area (Å²) < 4.78 is 15.1. The van der Waals surface area contributed by atoms with Gasteiger partial charge in [-0.15, -0.1) is 0 Å². The average molecular weight is 491 g/mol. The van der Waals surface area contributed by atoms with Gasteiger partial charge < -0.3 is 20.4 Å². The number of aromatic amines is 1. The van der Waals surface area contributed by atoms with Crippen LogP contribution in [0.3, 0.4) is 0 Å². The first kappa shape index (κ1) is 22.4. The number of likely N-dealkylation sites (N-methyl/N-ethyl adjacent to an activating group) is 1. The van der Waals surface area contributed by atoms with E-state index in [1.54, 1.807) is 0 Å². The van der Waals surface area contributed by atoms with E-state index in [1.165, 1.54) is 31.2 Å². The van der Waals surface area contributed by atoms with Crippen LogP contribution in [0.5, 0.6) is 0 Å². The molecule has 4 aromatic heterocycles. The van der Waals surface area contributed by atoms with Gasteiger partial charge in [-0.2, -0.15) is 19.5 Å². The predicted molar refractivity (Wildman–Crippen MR) is 133 cm³/mol. The van der Waals surface area contributed by atoms with Gasteiger partial charge in [-0.05, 0) is 57.6 Å². The molecule has 36 heavy (non-hydrogen) atoms. The van der Waals surface area contributed by atoms with Crippen molar-refractivity contribution in [1.29, 1.82) is 0 Å². The van der Waals surface area contributed by atoms with Crippen molar-refractivity contribution in [3.63, 3.8) is 0 Å². The molecule has 1 aliphatic heterocycles. The largest absolute Gasteiger partial charge is 0.327 e. The summed E-state index contributed by atoms with van der Waals surface area (Å²) in [6, 6.07) is 8.14. The lowest BCUT2D eigenvalue weighted by atomic mass is 10.1. The summed E-state index contributed by atoms with van der Waals surface area (Å²) in [6.45, 7) is 0.581. The molecule has 3 N–H and O–H groups in total. The number of rotatable bonds is 7. The van der Waals surface area contributed by atoms with Gasteiger partial charge in [-0.25, -0.2) is 4.98 Å². The van der Waals surface area contributed by atoms with Crippen LogP contribution >= 0.6 is 0 Å². The topological polar surface area (TPSA) is 119 Å². The normalized spacial score (nSPS) is 19.8. The molecule has 6 rings (SSSR count). The molecule has 1 aliphatic carbocycles. The van der Waals surface area contributed by atoms with E-state index in [2.05, 4.69) is 30.7 Å². The van der Waals surface area contributed by atoms with Crippen molar-refractivity contribution >= 4 is 35.0 Å². The van der Waals surface area contributed by atoms with Crippen molar-refractivity contribution in [3.05, 3.63) is 54.4 Å². The average Bonchev–Trinajstić information content (AvgIpc) is 3.24. The monoisotopic (exact) mass is 490 g/mol. The Morgan fingerprint density at radius 1 is 1.22 bits per heavy atom. The van der Waals surface area contributed by atoms with Crippen molar-refractivity contribution in [2.24, 2.45) is 0 Å². The first-order valence-electron chi connectivity index (χ1n) is 12.0. The molecule has 0 aromatic carbocycles. The SMILES string of the molecule is CN(C)[C@H]1C[C@@H](C(=O)Nc2ccc(F)nc2)N(c2nc(Nc3cc(C4CC4)[nH]n3)n3cccc3n2)C1. The van der Waals surface area contributed by atoms with Gasteiger partial charge >= 0.3 is 0 Å². The van der Waals surface area contributed by atoms with Crippen LogP contribution in [0.15, 0.2) is 42.7 Å². The number of nitrogens with zero attached hydrogens (tertiary/aromatic N) is 7. The summed E-state index contributed by atoms with van der Waals surface area (Å²) in [5.41, 5.74) is 2.26. The minimum absolute atomic E-state index is 0.127. The van der Waals surface area contributed by atoms with Crippen LogP contribution in [0.1, 0.15) is 30.9 Å². The summed E-state index contributed by atoms with van der Waals surface area (Å²) >= 11 is 0. The maximum Gasteiger partial charge on any atom is 0.247 e. The smallest absolute Gasteiger partial charge is 0.247 e. The maximum absolute atomic E-state index is 13.3. The predicted octanol–water partition coefficient (Wildman–Crippen LogP) is 2.76. The van der Waals surface area contributed by atoms with Crippen LogP contribution in [0.25, 0.3) is 5.65 Å². The van der Waals surface area contributed by atoms with E-state index in [1.807, 2.05) is 47.8 Å². The molecule has 186 valence electrons. The zero-order valence-electron chi connectivity index (χ0n) is 20.0. The number of carbonyl (C=O) groups excluding carboxylic acids is 1.